The molecular weight excluding hydrogens is 326 g/mol. The van der Waals surface area contributed by atoms with Gasteiger partial charge >= 0.3 is 0 Å². The smallest absolute Gasteiger partial charge is 0.0997 e. The summed E-state index contributed by atoms with van der Waals surface area (Å²) in [5.41, 5.74) is 0.973. The first-order chi connectivity index (χ1) is 9.01. The van der Waals surface area contributed by atoms with Crippen molar-refractivity contribution < 1.29 is 9.29 Å². The highest BCUT2D eigenvalue weighted by Gasteiger charge is 2.30. The monoisotopic (exact) mass is 347 g/mol. The van der Waals surface area contributed by atoms with Crippen LogP contribution in [0.4, 0.5) is 0 Å². The highest BCUT2D eigenvalue weighted by atomic mass is 79.9. The number of ether oxygens (including phenoxy) is 1. The SMILES string of the molecule is COC(c1cccc(Br)c1)C(C)(C)NCCCSO. The lowest BCUT2D eigenvalue weighted by Crippen LogP contribution is -2.46. The third kappa shape index (κ3) is 5.44. The summed E-state index contributed by atoms with van der Waals surface area (Å²) < 4.78 is 15.4. The highest BCUT2D eigenvalue weighted by molar-refractivity contribution is 9.10. The number of nitrogens with one attached hydrogen (secondary N) is 1. The van der Waals surface area contributed by atoms with Crippen LogP contribution in [0.3, 0.4) is 0 Å². The molecule has 0 aliphatic carbocycles. The molecule has 1 rings (SSSR count). The van der Waals surface area contributed by atoms with Crippen LogP contribution in [-0.4, -0.2) is 29.5 Å². The fourth-order valence-corrected chi connectivity index (χ4v) is 2.85. The lowest BCUT2D eigenvalue weighted by molar-refractivity contribution is 0.0314. The molecule has 2 N–H and O–H groups in total. The summed E-state index contributed by atoms with van der Waals surface area (Å²) in [6, 6.07) is 8.19. The first-order valence-electron chi connectivity index (χ1n) is 6.31. The molecule has 0 aromatic heterocycles. The van der Waals surface area contributed by atoms with Gasteiger partial charge in [0.1, 0.15) is 0 Å². The Morgan fingerprint density at radius 2 is 2.21 bits per heavy atom. The fourth-order valence-electron chi connectivity index (χ4n) is 2.16. The Kier molecular flexibility index (Phi) is 7.39. The molecule has 1 aromatic carbocycles. The molecule has 1 aromatic rings. The number of benzene rings is 1. The number of hydrogen-bond acceptors (Lipinski definition) is 4. The molecule has 5 heteroatoms. The van der Waals surface area contributed by atoms with Gasteiger partial charge in [0, 0.05) is 22.9 Å². The number of hydrogen-bond donors (Lipinski definition) is 2. The average Bonchev–Trinajstić information content (AvgIpc) is 2.35. The minimum atomic E-state index is -0.171. The first kappa shape index (κ1) is 17.0. The Balaban J connectivity index is 2.71. The van der Waals surface area contributed by atoms with E-state index in [9.17, 15) is 0 Å². The van der Waals surface area contributed by atoms with Gasteiger partial charge < -0.3 is 14.6 Å². The minimum absolute atomic E-state index is 0.0215. The van der Waals surface area contributed by atoms with Gasteiger partial charge in [-0.05, 0) is 56.6 Å². The Hall–Kier alpha value is -0.0700. The average molecular weight is 348 g/mol. The third-order valence-electron chi connectivity index (χ3n) is 3.04. The third-order valence-corrected chi connectivity index (χ3v) is 4.00. The highest BCUT2D eigenvalue weighted by Crippen LogP contribution is 2.30. The zero-order valence-corrected chi connectivity index (χ0v) is 14.1. The van der Waals surface area contributed by atoms with Crippen LogP contribution in [0.15, 0.2) is 28.7 Å². The minimum Gasteiger partial charge on any atom is -0.375 e. The molecule has 1 unspecified atom stereocenters. The maximum absolute atomic E-state index is 8.72. The standard InChI is InChI=1S/C14H22BrNO2S/c1-14(2,16-8-5-9-19-17)13(18-3)11-6-4-7-12(15)10-11/h4,6-7,10,13,16-17H,5,8-9H2,1-3H3. The van der Waals surface area contributed by atoms with E-state index in [4.69, 9.17) is 9.29 Å². The van der Waals surface area contributed by atoms with Crippen molar-refractivity contribution in [2.75, 3.05) is 19.4 Å². The van der Waals surface area contributed by atoms with Gasteiger partial charge in [0.2, 0.25) is 0 Å². The van der Waals surface area contributed by atoms with E-state index < -0.39 is 0 Å². The van der Waals surface area contributed by atoms with Crippen LogP contribution in [-0.2, 0) is 4.74 Å². The normalized spacial score (nSPS) is 13.5. The molecular formula is C14H22BrNO2S. The predicted octanol–water partition coefficient (Wildman–Crippen LogP) is 4.10. The van der Waals surface area contributed by atoms with Gasteiger partial charge in [-0.25, -0.2) is 0 Å². The Morgan fingerprint density at radius 3 is 2.79 bits per heavy atom. The molecule has 0 aliphatic heterocycles. The lowest BCUT2D eigenvalue weighted by Gasteiger charge is -2.35. The van der Waals surface area contributed by atoms with E-state index in [0.29, 0.717) is 0 Å². The van der Waals surface area contributed by atoms with Crippen molar-refractivity contribution in [1.29, 1.82) is 0 Å². The second-order valence-corrected chi connectivity index (χ2v) is 6.59. The number of rotatable bonds is 8. The van der Waals surface area contributed by atoms with Crippen LogP contribution in [0, 0.1) is 0 Å². The Morgan fingerprint density at radius 1 is 1.47 bits per heavy atom. The maximum atomic E-state index is 8.72. The van der Waals surface area contributed by atoms with E-state index in [-0.39, 0.29) is 11.6 Å². The molecule has 0 radical (unpaired) electrons. The molecule has 0 amide bonds. The van der Waals surface area contributed by atoms with E-state index in [1.807, 2.05) is 12.1 Å². The van der Waals surface area contributed by atoms with E-state index in [2.05, 4.69) is 47.2 Å². The fraction of sp³-hybridized carbons (Fsp3) is 0.571. The van der Waals surface area contributed by atoms with E-state index in [1.54, 1.807) is 7.11 Å². The van der Waals surface area contributed by atoms with E-state index in [0.717, 1.165) is 40.8 Å². The molecule has 0 aliphatic rings. The van der Waals surface area contributed by atoms with E-state index in [1.165, 1.54) is 0 Å². The molecule has 19 heavy (non-hydrogen) atoms. The summed E-state index contributed by atoms with van der Waals surface area (Å²) in [7, 11) is 1.73. The summed E-state index contributed by atoms with van der Waals surface area (Å²) >= 11 is 4.38. The second-order valence-electron chi connectivity index (χ2n) is 5.01. The molecule has 1 atom stereocenters. The molecule has 0 bridgehead atoms. The van der Waals surface area contributed by atoms with Crippen molar-refractivity contribution in [3.8, 4) is 0 Å². The van der Waals surface area contributed by atoms with Gasteiger partial charge in [-0.2, -0.15) is 0 Å². The van der Waals surface area contributed by atoms with Crippen LogP contribution in [0.5, 0.6) is 0 Å². The predicted molar refractivity (Wildman–Crippen MR) is 85.7 cm³/mol. The second kappa shape index (κ2) is 8.27. The van der Waals surface area contributed by atoms with Crippen molar-refractivity contribution in [2.24, 2.45) is 0 Å². The number of halogens is 1. The molecule has 108 valence electrons. The quantitative estimate of drug-likeness (QED) is 0.548. The molecule has 0 heterocycles. The van der Waals surface area contributed by atoms with E-state index >= 15 is 0 Å². The summed E-state index contributed by atoms with van der Waals surface area (Å²) in [4.78, 5) is 0. The summed E-state index contributed by atoms with van der Waals surface area (Å²) in [6.07, 6.45) is 0.909. The summed E-state index contributed by atoms with van der Waals surface area (Å²) in [6.45, 7) is 5.12. The van der Waals surface area contributed by atoms with Gasteiger partial charge in [-0.1, -0.05) is 28.1 Å². The number of methoxy groups -OCH3 is 1. The lowest BCUT2D eigenvalue weighted by atomic mass is 9.91. The van der Waals surface area contributed by atoms with Crippen molar-refractivity contribution in [2.45, 2.75) is 31.9 Å². The van der Waals surface area contributed by atoms with Crippen LogP contribution in [0.1, 0.15) is 31.9 Å². The molecule has 0 spiro atoms. The summed E-state index contributed by atoms with van der Waals surface area (Å²) in [5.74, 6) is 0.748. The van der Waals surface area contributed by atoms with Gasteiger partial charge in [0.15, 0.2) is 0 Å². The van der Waals surface area contributed by atoms with Gasteiger partial charge in [-0.15, -0.1) is 0 Å². The van der Waals surface area contributed by atoms with Crippen LogP contribution in [0.25, 0.3) is 0 Å². The zero-order valence-electron chi connectivity index (χ0n) is 11.6. The Labute approximate surface area is 128 Å². The van der Waals surface area contributed by atoms with Crippen molar-refractivity contribution in [3.05, 3.63) is 34.3 Å². The Bertz CT molecular complexity index is 387. The van der Waals surface area contributed by atoms with Gasteiger partial charge in [-0.3, -0.25) is 0 Å². The zero-order chi connectivity index (χ0) is 14.3. The maximum Gasteiger partial charge on any atom is 0.0997 e. The molecule has 0 saturated heterocycles. The topological polar surface area (TPSA) is 41.5 Å². The summed E-state index contributed by atoms with van der Waals surface area (Å²) in [5, 5.41) is 3.50. The first-order valence-corrected chi connectivity index (χ1v) is 8.04. The van der Waals surface area contributed by atoms with Crippen LogP contribution >= 0.6 is 28.0 Å². The van der Waals surface area contributed by atoms with Crippen LogP contribution < -0.4 is 5.32 Å². The largest absolute Gasteiger partial charge is 0.375 e. The molecule has 0 saturated carbocycles. The van der Waals surface area contributed by atoms with Crippen molar-refractivity contribution >= 4 is 28.0 Å². The van der Waals surface area contributed by atoms with Crippen LogP contribution in [0.2, 0.25) is 0 Å². The molecule has 0 fully saturated rings. The van der Waals surface area contributed by atoms with Gasteiger partial charge in [0.05, 0.1) is 6.10 Å². The van der Waals surface area contributed by atoms with Crippen molar-refractivity contribution in [3.63, 3.8) is 0 Å². The van der Waals surface area contributed by atoms with Crippen molar-refractivity contribution in [1.82, 2.24) is 5.32 Å². The molecule has 3 nitrogen and oxygen atoms in total. The van der Waals surface area contributed by atoms with Gasteiger partial charge in [0.25, 0.3) is 0 Å².